The van der Waals surface area contributed by atoms with E-state index < -0.39 is 5.41 Å². The number of nitrogens with zero attached hydrogens (tertiary/aromatic N) is 1. The molecule has 4 saturated carbocycles. The molecule has 0 aromatic rings. The van der Waals surface area contributed by atoms with Gasteiger partial charge in [-0.2, -0.15) is 0 Å². The van der Waals surface area contributed by atoms with Crippen LogP contribution in [-0.2, 0) is 14.3 Å². The smallest absolute Gasteiger partial charge is 0.312 e. The summed E-state index contributed by atoms with van der Waals surface area (Å²) >= 11 is 0. The molecule has 164 valence electrons. The van der Waals surface area contributed by atoms with Crippen molar-refractivity contribution < 1.29 is 14.3 Å². The van der Waals surface area contributed by atoms with Gasteiger partial charge in [0.05, 0.1) is 18.6 Å². The molecule has 4 aliphatic carbocycles. The van der Waals surface area contributed by atoms with Crippen molar-refractivity contribution in [3.05, 3.63) is 0 Å². The van der Waals surface area contributed by atoms with Crippen LogP contribution in [0.25, 0.3) is 0 Å². The second kappa shape index (κ2) is 7.27. The third-order valence-corrected chi connectivity index (χ3v) is 8.80. The van der Waals surface area contributed by atoms with Crippen molar-refractivity contribution in [1.29, 1.82) is 0 Å². The standard InChI is InChI=1S/C25H41NO3/c1-7-24(5,13-16(2)21-26-14-23(3,4)15-28-21)22(27)29-25(6)19-9-17-8-18(11-19)12-20(25)10-17/h16-20H,7-15H2,1-6H3. The molecule has 0 amide bonds. The summed E-state index contributed by atoms with van der Waals surface area (Å²) in [5, 5.41) is 0. The highest BCUT2D eigenvalue weighted by Crippen LogP contribution is 2.59. The molecule has 0 N–H and O–H groups in total. The Hall–Kier alpha value is -1.06. The average Bonchev–Trinajstić information content (AvgIpc) is 2.65. The predicted octanol–water partition coefficient (Wildman–Crippen LogP) is 5.64. The van der Waals surface area contributed by atoms with Crippen LogP contribution in [0.1, 0.15) is 86.5 Å². The SMILES string of the molecule is CCC(C)(CC(C)C1=NCC(C)(C)CO1)C(=O)OC1(C)C2CC3CC(C2)CC1C3. The average molecular weight is 404 g/mol. The molecule has 29 heavy (non-hydrogen) atoms. The van der Waals surface area contributed by atoms with E-state index >= 15 is 0 Å². The van der Waals surface area contributed by atoms with Gasteiger partial charge in [-0.15, -0.1) is 0 Å². The summed E-state index contributed by atoms with van der Waals surface area (Å²) in [5.74, 6) is 3.84. The topological polar surface area (TPSA) is 47.9 Å². The van der Waals surface area contributed by atoms with Gasteiger partial charge in [0.2, 0.25) is 0 Å². The largest absolute Gasteiger partial charge is 0.480 e. The molecule has 1 heterocycles. The van der Waals surface area contributed by atoms with Gasteiger partial charge >= 0.3 is 5.97 Å². The van der Waals surface area contributed by atoms with Crippen molar-refractivity contribution in [2.45, 2.75) is 92.1 Å². The lowest BCUT2D eigenvalue weighted by Gasteiger charge is -2.59. The zero-order valence-electron chi connectivity index (χ0n) is 19.4. The first-order valence-electron chi connectivity index (χ1n) is 12.0. The zero-order chi connectivity index (χ0) is 21.0. The molecular weight excluding hydrogens is 362 g/mol. The molecule has 4 heteroatoms. The maximum atomic E-state index is 13.5. The summed E-state index contributed by atoms with van der Waals surface area (Å²) in [6.45, 7) is 14.4. The van der Waals surface area contributed by atoms with Crippen molar-refractivity contribution in [3.63, 3.8) is 0 Å². The summed E-state index contributed by atoms with van der Waals surface area (Å²) in [6.07, 6.45) is 7.98. The number of hydrogen-bond donors (Lipinski definition) is 0. The van der Waals surface area contributed by atoms with E-state index in [0.717, 1.165) is 37.1 Å². The molecule has 0 radical (unpaired) electrons. The minimum Gasteiger partial charge on any atom is -0.480 e. The van der Waals surface area contributed by atoms with Gasteiger partial charge in [-0.05, 0) is 82.5 Å². The summed E-state index contributed by atoms with van der Waals surface area (Å²) in [4.78, 5) is 18.2. The Bertz CT molecular complexity index is 654. The van der Waals surface area contributed by atoms with Gasteiger partial charge in [-0.25, -0.2) is 0 Å². The van der Waals surface area contributed by atoms with Crippen molar-refractivity contribution >= 4 is 11.9 Å². The number of carbonyl (C=O) groups is 1. The van der Waals surface area contributed by atoms with Crippen LogP contribution in [0, 0.1) is 40.4 Å². The number of esters is 1. The molecule has 0 spiro atoms. The van der Waals surface area contributed by atoms with Gasteiger partial charge < -0.3 is 9.47 Å². The fourth-order valence-corrected chi connectivity index (χ4v) is 6.70. The highest BCUT2D eigenvalue weighted by Gasteiger charge is 2.58. The van der Waals surface area contributed by atoms with Crippen LogP contribution in [0.5, 0.6) is 0 Å². The molecule has 2 unspecified atom stereocenters. The minimum absolute atomic E-state index is 0.00133. The molecule has 4 nitrogen and oxygen atoms in total. The Labute approximate surface area is 177 Å². The van der Waals surface area contributed by atoms with Crippen molar-refractivity contribution in [2.24, 2.45) is 45.4 Å². The van der Waals surface area contributed by atoms with E-state index in [0.29, 0.717) is 18.4 Å². The quantitative estimate of drug-likeness (QED) is 0.539. The van der Waals surface area contributed by atoms with Crippen LogP contribution in [0.4, 0.5) is 0 Å². The highest BCUT2D eigenvalue weighted by molar-refractivity contribution is 5.81. The van der Waals surface area contributed by atoms with Gasteiger partial charge in [-0.1, -0.05) is 27.7 Å². The normalized spacial score (nSPS) is 40.6. The van der Waals surface area contributed by atoms with E-state index in [1.54, 1.807) is 0 Å². The van der Waals surface area contributed by atoms with Crippen LogP contribution in [-0.4, -0.2) is 30.6 Å². The van der Waals surface area contributed by atoms with Crippen molar-refractivity contribution in [1.82, 2.24) is 0 Å². The first-order chi connectivity index (χ1) is 13.5. The Morgan fingerprint density at radius 1 is 1.17 bits per heavy atom. The number of rotatable bonds is 6. The van der Waals surface area contributed by atoms with Crippen LogP contribution in [0.3, 0.4) is 0 Å². The summed E-state index contributed by atoms with van der Waals surface area (Å²) < 4.78 is 12.4. The lowest BCUT2D eigenvalue weighted by Crippen LogP contribution is -2.59. The van der Waals surface area contributed by atoms with Gasteiger partial charge in [0.25, 0.3) is 0 Å². The fraction of sp³-hybridized carbons (Fsp3) is 0.920. The van der Waals surface area contributed by atoms with E-state index in [1.807, 2.05) is 0 Å². The number of ether oxygens (including phenoxy) is 2. The lowest BCUT2D eigenvalue weighted by molar-refractivity contribution is -0.212. The van der Waals surface area contributed by atoms with Gasteiger partial charge in [0, 0.05) is 11.3 Å². The molecule has 0 aromatic carbocycles. The number of hydrogen-bond acceptors (Lipinski definition) is 4. The first-order valence-corrected chi connectivity index (χ1v) is 12.0. The van der Waals surface area contributed by atoms with Crippen LogP contribution in [0.15, 0.2) is 4.99 Å². The molecule has 5 rings (SSSR count). The number of aliphatic imine (C=N–C) groups is 1. The summed E-state index contributed by atoms with van der Waals surface area (Å²) in [5.41, 5.74) is -0.646. The predicted molar refractivity (Wildman–Crippen MR) is 116 cm³/mol. The van der Waals surface area contributed by atoms with Crippen LogP contribution < -0.4 is 0 Å². The first kappa shape index (κ1) is 21.2. The summed E-state index contributed by atoms with van der Waals surface area (Å²) in [6, 6.07) is 0. The Kier molecular flexibility index (Phi) is 5.31. The third kappa shape index (κ3) is 3.85. The van der Waals surface area contributed by atoms with Crippen molar-refractivity contribution in [2.75, 3.05) is 13.2 Å². The van der Waals surface area contributed by atoms with Gasteiger partial charge in [0.1, 0.15) is 5.60 Å². The van der Waals surface area contributed by atoms with Gasteiger partial charge in [-0.3, -0.25) is 9.79 Å². The molecule has 1 aliphatic heterocycles. The van der Waals surface area contributed by atoms with Gasteiger partial charge in [0.15, 0.2) is 5.90 Å². The second-order valence-corrected chi connectivity index (χ2v) is 12.0. The van der Waals surface area contributed by atoms with Crippen molar-refractivity contribution in [3.8, 4) is 0 Å². The van der Waals surface area contributed by atoms with E-state index in [-0.39, 0.29) is 22.9 Å². The van der Waals surface area contributed by atoms with E-state index in [1.165, 1.54) is 32.1 Å². The summed E-state index contributed by atoms with van der Waals surface area (Å²) in [7, 11) is 0. The highest BCUT2D eigenvalue weighted by atomic mass is 16.6. The Morgan fingerprint density at radius 3 is 2.24 bits per heavy atom. The molecule has 4 fully saturated rings. The molecular formula is C25H41NO3. The lowest BCUT2D eigenvalue weighted by atomic mass is 9.50. The maximum Gasteiger partial charge on any atom is 0.312 e. The second-order valence-electron chi connectivity index (χ2n) is 12.0. The maximum absolute atomic E-state index is 13.5. The van der Waals surface area contributed by atoms with Crippen LogP contribution in [0.2, 0.25) is 0 Å². The molecule has 0 aromatic heterocycles. The number of carbonyl (C=O) groups excluding carboxylic acids is 1. The molecule has 5 aliphatic rings. The fourth-order valence-electron chi connectivity index (χ4n) is 6.70. The van der Waals surface area contributed by atoms with E-state index in [4.69, 9.17) is 14.5 Å². The Balaban J connectivity index is 1.44. The minimum atomic E-state index is -0.490. The van der Waals surface area contributed by atoms with E-state index in [9.17, 15) is 4.79 Å². The molecule has 0 saturated heterocycles. The zero-order valence-corrected chi connectivity index (χ0v) is 19.4. The third-order valence-electron chi connectivity index (χ3n) is 8.80. The molecule has 4 bridgehead atoms. The Morgan fingerprint density at radius 2 is 1.76 bits per heavy atom. The van der Waals surface area contributed by atoms with Crippen LogP contribution >= 0.6 is 0 Å². The monoisotopic (exact) mass is 403 g/mol. The van der Waals surface area contributed by atoms with E-state index in [2.05, 4.69) is 41.5 Å². The molecule has 2 atom stereocenters.